The van der Waals surface area contributed by atoms with Crippen LogP contribution in [0.5, 0.6) is 0 Å². The monoisotopic (exact) mass is 191 g/mol. The molecular weight excluding hydrogens is 180 g/mol. The maximum Gasteiger partial charge on any atom is 0.225 e. The van der Waals surface area contributed by atoms with Gasteiger partial charge in [-0.15, -0.1) is 6.58 Å². The Labute approximate surface area is 71.1 Å². The molecule has 5 heteroatoms. The first-order valence-corrected chi connectivity index (χ1v) is 6.03. The fourth-order valence-corrected chi connectivity index (χ4v) is 2.71. The van der Waals surface area contributed by atoms with Gasteiger partial charge >= 0.3 is 0 Å². The van der Waals surface area contributed by atoms with E-state index < -0.39 is 21.6 Å². The Hall–Kier alpha value is -0.803. The van der Waals surface area contributed by atoms with Gasteiger partial charge in [0.15, 0.2) is 0 Å². The molecule has 0 radical (unpaired) electrons. The zero-order chi connectivity index (χ0) is 9.45. The van der Waals surface area contributed by atoms with Crippen molar-refractivity contribution >= 4 is 14.3 Å². The van der Waals surface area contributed by atoms with E-state index in [1.165, 1.54) is 11.8 Å². The fraction of sp³-hybridized carbons (Fsp3) is 0.571. The number of halogens is 2. The first kappa shape index (κ1) is 11.2. The summed E-state index contributed by atoms with van der Waals surface area (Å²) in [7, 11) is -2.55. The lowest BCUT2D eigenvalue weighted by atomic mass is 10.9. The van der Waals surface area contributed by atoms with Gasteiger partial charge in [0.1, 0.15) is 0 Å². The molecule has 0 unspecified atom stereocenters. The van der Waals surface area contributed by atoms with Crippen molar-refractivity contribution in [2.24, 2.45) is 4.66 Å². The lowest BCUT2D eigenvalue weighted by Crippen LogP contribution is -2.30. The van der Waals surface area contributed by atoms with Crippen molar-refractivity contribution in [3.63, 3.8) is 0 Å². The van der Waals surface area contributed by atoms with Gasteiger partial charge in [-0.3, -0.25) is 8.78 Å². The quantitative estimate of drug-likeness (QED) is 0.358. The molecule has 0 aromatic carbocycles. The molecule has 0 aliphatic heterocycles. The second kappa shape index (κ2) is 5.80. The molecule has 0 aromatic rings. The normalized spacial score (nSPS) is 10.5. The Morgan fingerprint density at radius 1 is 1.42 bits per heavy atom. The van der Waals surface area contributed by atoms with E-state index >= 15 is 0 Å². The average Bonchev–Trinajstić information content (AvgIpc) is 2.06. The van der Waals surface area contributed by atoms with Crippen LogP contribution in [0.25, 0.3) is 0 Å². The van der Waals surface area contributed by atoms with Crippen molar-refractivity contribution in [3.8, 4) is 0 Å². The van der Waals surface area contributed by atoms with Crippen LogP contribution in [0.3, 0.4) is 0 Å². The number of hydrogen-bond acceptors (Lipinski definition) is 2. The molecule has 0 rings (SSSR count). The third kappa shape index (κ3) is 3.07. The predicted octanol–water partition coefficient (Wildman–Crippen LogP) is 1.93. The van der Waals surface area contributed by atoms with Gasteiger partial charge in [0.05, 0.1) is 13.3 Å². The Morgan fingerprint density at radius 3 is 2.17 bits per heavy atom. The molecule has 0 saturated carbocycles. The lowest BCUT2D eigenvalue weighted by molar-refractivity contribution is 0.508. The number of carbonyl (C=O) groups excluding carboxylic acids is 1. The van der Waals surface area contributed by atoms with Crippen LogP contribution in [0.4, 0.5) is 8.78 Å². The SMILES string of the molecule is C=C[Si](CCF)(CCF)N=C=O. The Morgan fingerprint density at radius 2 is 1.92 bits per heavy atom. The van der Waals surface area contributed by atoms with Crippen LogP contribution in [0.15, 0.2) is 16.9 Å². The second-order valence-electron chi connectivity index (χ2n) is 2.39. The van der Waals surface area contributed by atoms with Crippen LogP contribution in [0.1, 0.15) is 0 Å². The summed E-state index contributed by atoms with van der Waals surface area (Å²) in [5.41, 5.74) is 1.43. The van der Waals surface area contributed by atoms with Crippen molar-refractivity contribution in [1.82, 2.24) is 0 Å². The largest absolute Gasteiger partial charge is 0.251 e. The zero-order valence-electron chi connectivity index (χ0n) is 6.72. The molecule has 0 fully saturated rings. The van der Waals surface area contributed by atoms with Crippen LogP contribution in [-0.4, -0.2) is 27.7 Å². The average molecular weight is 191 g/mol. The number of rotatable bonds is 6. The first-order chi connectivity index (χ1) is 5.74. The highest BCUT2D eigenvalue weighted by molar-refractivity contribution is 6.83. The van der Waals surface area contributed by atoms with Crippen LogP contribution in [0, 0.1) is 0 Å². The van der Waals surface area contributed by atoms with Crippen molar-refractivity contribution in [2.75, 3.05) is 13.3 Å². The standard InChI is InChI=1S/C7H11F2NOSi/c1-2-12(5-3-8,6-4-9)10-7-11/h2H,1,3-6H2. The molecule has 0 aromatic heterocycles. The topological polar surface area (TPSA) is 29.4 Å². The van der Waals surface area contributed by atoms with Crippen molar-refractivity contribution in [1.29, 1.82) is 0 Å². The molecule has 0 spiro atoms. The summed E-state index contributed by atoms with van der Waals surface area (Å²) in [4.78, 5) is 9.98. The summed E-state index contributed by atoms with van der Waals surface area (Å²) in [5, 5.41) is 0. The second-order valence-corrected chi connectivity index (χ2v) is 6.23. The Kier molecular flexibility index (Phi) is 5.41. The molecule has 68 valence electrons. The van der Waals surface area contributed by atoms with Gasteiger partial charge in [-0.2, -0.15) is 0 Å². The number of isocyanates is 1. The van der Waals surface area contributed by atoms with Crippen LogP contribution < -0.4 is 0 Å². The van der Waals surface area contributed by atoms with E-state index in [1.54, 1.807) is 0 Å². The van der Waals surface area contributed by atoms with Gasteiger partial charge in [-0.05, 0) is 12.1 Å². The summed E-state index contributed by atoms with van der Waals surface area (Å²) in [6.45, 7) is 2.26. The van der Waals surface area contributed by atoms with Crippen molar-refractivity contribution in [2.45, 2.75) is 12.1 Å². The maximum atomic E-state index is 12.0. The summed E-state index contributed by atoms with van der Waals surface area (Å²) in [5.74, 6) is 0. The van der Waals surface area contributed by atoms with E-state index in [4.69, 9.17) is 0 Å². The van der Waals surface area contributed by atoms with Crippen molar-refractivity contribution in [3.05, 3.63) is 12.3 Å². The lowest BCUT2D eigenvalue weighted by Gasteiger charge is -2.17. The van der Waals surface area contributed by atoms with E-state index in [2.05, 4.69) is 11.2 Å². The molecule has 0 heterocycles. The summed E-state index contributed by atoms with van der Waals surface area (Å²) < 4.78 is 27.5. The first-order valence-electron chi connectivity index (χ1n) is 3.59. The fourth-order valence-electron chi connectivity index (χ4n) is 0.905. The van der Waals surface area contributed by atoms with Crippen LogP contribution in [0.2, 0.25) is 12.1 Å². The van der Waals surface area contributed by atoms with Gasteiger partial charge in [0.2, 0.25) is 14.3 Å². The van der Waals surface area contributed by atoms with Gasteiger partial charge in [-0.1, -0.05) is 5.70 Å². The highest BCUT2D eigenvalue weighted by Crippen LogP contribution is 2.18. The molecule has 2 nitrogen and oxygen atoms in total. The molecule has 0 N–H and O–H groups in total. The molecule has 0 bridgehead atoms. The van der Waals surface area contributed by atoms with Crippen LogP contribution in [-0.2, 0) is 4.79 Å². The molecule has 0 amide bonds. The molecule has 0 atom stereocenters. The minimum absolute atomic E-state index is 0.121. The van der Waals surface area contributed by atoms with Gasteiger partial charge in [0.25, 0.3) is 0 Å². The van der Waals surface area contributed by atoms with Gasteiger partial charge in [-0.25, -0.2) is 9.45 Å². The predicted molar refractivity (Wildman–Crippen MR) is 45.6 cm³/mol. The van der Waals surface area contributed by atoms with E-state index in [0.717, 1.165) is 0 Å². The number of nitrogens with zero attached hydrogens (tertiary/aromatic N) is 1. The van der Waals surface area contributed by atoms with Crippen LogP contribution >= 0.6 is 0 Å². The zero-order valence-corrected chi connectivity index (χ0v) is 7.72. The van der Waals surface area contributed by atoms with Gasteiger partial charge in [0, 0.05) is 0 Å². The maximum absolute atomic E-state index is 12.0. The number of alkyl halides is 2. The molecule has 0 saturated heterocycles. The molecule has 12 heavy (non-hydrogen) atoms. The summed E-state index contributed by atoms with van der Waals surface area (Å²) in [6.07, 6.45) is 1.36. The van der Waals surface area contributed by atoms with Crippen molar-refractivity contribution < 1.29 is 13.6 Å². The third-order valence-electron chi connectivity index (χ3n) is 1.70. The Balaban J connectivity index is 4.48. The Bertz CT molecular complexity index is 186. The minimum Gasteiger partial charge on any atom is -0.251 e. The molecule has 0 aliphatic rings. The van der Waals surface area contributed by atoms with E-state index in [1.807, 2.05) is 0 Å². The van der Waals surface area contributed by atoms with Gasteiger partial charge < -0.3 is 0 Å². The van der Waals surface area contributed by atoms with E-state index in [0.29, 0.717) is 0 Å². The molecular formula is C7H11F2NOSi. The smallest absolute Gasteiger partial charge is 0.225 e. The van der Waals surface area contributed by atoms with E-state index in [9.17, 15) is 13.6 Å². The highest BCUT2D eigenvalue weighted by Gasteiger charge is 2.29. The highest BCUT2D eigenvalue weighted by atomic mass is 28.3. The summed E-state index contributed by atoms with van der Waals surface area (Å²) in [6, 6.07) is 0.241. The van der Waals surface area contributed by atoms with E-state index in [-0.39, 0.29) is 12.1 Å². The summed E-state index contributed by atoms with van der Waals surface area (Å²) >= 11 is 0. The minimum atomic E-state index is -2.55. The third-order valence-corrected chi connectivity index (χ3v) is 5.11. The molecule has 0 aliphatic carbocycles. The number of hydrogen-bond donors (Lipinski definition) is 0.